The Morgan fingerprint density at radius 3 is 1.27 bits per heavy atom. The number of hydrazine groups is 1. The van der Waals surface area contributed by atoms with Gasteiger partial charge in [-0.1, -0.05) is 63.1 Å². The first kappa shape index (κ1) is 16.4. The zero-order chi connectivity index (χ0) is 15.6. The summed E-state index contributed by atoms with van der Waals surface area (Å²) in [7, 11) is 0. The maximum atomic E-state index is 2.44. The second-order valence-corrected chi connectivity index (χ2v) is 5.62. The van der Waals surface area contributed by atoms with Crippen LogP contribution in [0, 0.1) is 0 Å². The zero-order valence-electron chi connectivity index (χ0n) is 13.9. The fraction of sp³-hybridized carbons (Fsp3) is 0.400. The van der Waals surface area contributed by atoms with Gasteiger partial charge in [0.05, 0.1) is 11.4 Å². The van der Waals surface area contributed by atoms with Crippen molar-refractivity contribution < 1.29 is 0 Å². The standard InChI is InChI=1S/C20H28N2/c1-3-5-17-21(19-13-9-7-10-14-19)22(18-6-4-2)20-15-11-8-12-16-20/h7-16H,3-6,17-18H2,1-2H3. The Morgan fingerprint density at radius 1 is 0.591 bits per heavy atom. The molecular weight excluding hydrogens is 268 g/mol. The number of benzene rings is 2. The van der Waals surface area contributed by atoms with Crippen LogP contribution in [0.15, 0.2) is 60.7 Å². The van der Waals surface area contributed by atoms with E-state index in [0.29, 0.717) is 0 Å². The van der Waals surface area contributed by atoms with Gasteiger partial charge < -0.3 is 0 Å². The van der Waals surface area contributed by atoms with Crippen LogP contribution in [0.3, 0.4) is 0 Å². The molecule has 2 nitrogen and oxygen atoms in total. The van der Waals surface area contributed by atoms with Crippen LogP contribution in [0.25, 0.3) is 0 Å². The van der Waals surface area contributed by atoms with E-state index < -0.39 is 0 Å². The molecule has 2 heteroatoms. The number of para-hydroxylation sites is 2. The Morgan fingerprint density at radius 2 is 0.955 bits per heavy atom. The summed E-state index contributed by atoms with van der Waals surface area (Å²) in [6, 6.07) is 21.5. The van der Waals surface area contributed by atoms with E-state index in [4.69, 9.17) is 0 Å². The first-order chi connectivity index (χ1) is 10.9. The lowest BCUT2D eigenvalue weighted by Crippen LogP contribution is -2.44. The molecule has 0 fully saturated rings. The quantitative estimate of drug-likeness (QED) is 0.563. The molecule has 2 aromatic carbocycles. The number of hydrogen-bond donors (Lipinski definition) is 0. The highest BCUT2D eigenvalue weighted by atomic mass is 15.6. The summed E-state index contributed by atoms with van der Waals surface area (Å²) in [4.78, 5) is 0. The highest BCUT2D eigenvalue weighted by molar-refractivity contribution is 5.57. The van der Waals surface area contributed by atoms with Crippen molar-refractivity contribution >= 4 is 11.4 Å². The molecule has 0 heterocycles. The molecule has 0 spiro atoms. The average Bonchev–Trinajstić information content (AvgIpc) is 2.59. The van der Waals surface area contributed by atoms with E-state index >= 15 is 0 Å². The average molecular weight is 296 g/mol. The molecule has 118 valence electrons. The van der Waals surface area contributed by atoms with Crippen LogP contribution in [-0.4, -0.2) is 13.1 Å². The van der Waals surface area contributed by atoms with Crippen molar-refractivity contribution in [1.29, 1.82) is 0 Å². The largest absolute Gasteiger partial charge is 0.285 e. The Labute approximate surface area is 135 Å². The SMILES string of the molecule is CCCCN(c1ccccc1)N(CCCC)c1ccccc1. The van der Waals surface area contributed by atoms with E-state index in [2.05, 4.69) is 84.5 Å². The highest BCUT2D eigenvalue weighted by Gasteiger charge is 2.15. The van der Waals surface area contributed by atoms with E-state index in [-0.39, 0.29) is 0 Å². The van der Waals surface area contributed by atoms with Gasteiger partial charge in [0.1, 0.15) is 0 Å². The van der Waals surface area contributed by atoms with Crippen LogP contribution in [0.4, 0.5) is 11.4 Å². The van der Waals surface area contributed by atoms with Gasteiger partial charge in [-0.05, 0) is 37.1 Å². The molecule has 0 bridgehead atoms. The van der Waals surface area contributed by atoms with Crippen molar-refractivity contribution in [3.05, 3.63) is 60.7 Å². The third-order valence-corrected chi connectivity index (χ3v) is 3.85. The molecule has 0 atom stereocenters. The molecule has 0 radical (unpaired) electrons. The third-order valence-electron chi connectivity index (χ3n) is 3.85. The van der Waals surface area contributed by atoms with E-state index in [1.165, 1.54) is 37.1 Å². The molecule has 0 saturated heterocycles. The van der Waals surface area contributed by atoms with Crippen LogP contribution in [0.5, 0.6) is 0 Å². The molecule has 0 N–H and O–H groups in total. The van der Waals surface area contributed by atoms with Crippen LogP contribution in [0.1, 0.15) is 39.5 Å². The molecule has 0 aliphatic heterocycles. The van der Waals surface area contributed by atoms with Crippen molar-refractivity contribution in [1.82, 2.24) is 0 Å². The lowest BCUT2D eigenvalue weighted by atomic mass is 10.2. The minimum Gasteiger partial charge on any atom is -0.285 e. The van der Waals surface area contributed by atoms with E-state index in [1.807, 2.05) is 0 Å². The van der Waals surface area contributed by atoms with Gasteiger partial charge in [-0.15, -0.1) is 0 Å². The topological polar surface area (TPSA) is 6.48 Å². The first-order valence-corrected chi connectivity index (χ1v) is 8.52. The third kappa shape index (κ3) is 4.52. The summed E-state index contributed by atoms with van der Waals surface area (Å²) in [6.07, 6.45) is 4.81. The van der Waals surface area contributed by atoms with E-state index in [1.54, 1.807) is 0 Å². The summed E-state index contributed by atoms with van der Waals surface area (Å²) in [6.45, 7) is 6.61. The molecule has 0 aliphatic rings. The molecule has 0 saturated carbocycles. The van der Waals surface area contributed by atoms with Gasteiger partial charge in [0.15, 0.2) is 0 Å². The Kier molecular flexibility index (Phi) is 6.82. The second kappa shape index (κ2) is 9.14. The van der Waals surface area contributed by atoms with Crippen LogP contribution < -0.4 is 10.0 Å². The summed E-state index contributed by atoms with van der Waals surface area (Å²) < 4.78 is 0. The molecule has 0 amide bonds. The molecule has 2 aromatic rings. The minimum atomic E-state index is 1.05. The second-order valence-electron chi connectivity index (χ2n) is 5.62. The van der Waals surface area contributed by atoms with Crippen LogP contribution >= 0.6 is 0 Å². The number of unbranched alkanes of at least 4 members (excludes halogenated alkanes) is 2. The molecule has 0 aliphatic carbocycles. The van der Waals surface area contributed by atoms with Crippen molar-refractivity contribution in [2.75, 3.05) is 23.1 Å². The normalized spacial score (nSPS) is 10.5. The smallest absolute Gasteiger partial charge is 0.0574 e. The lowest BCUT2D eigenvalue weighted by molar-refractivity contribution is 0.643. The number of nitrogens with zero attached hydrogens (tertiary/aromatic N) is 2. The minimum absolute atomic E-state index is 1.05. The Bertz CT molecular complexity index is 460. The van der Waals surface area contributed by atoms with Crippen molar-refractivity contribution in [2.24, 2.45) is 0 Å². The number of hydrogen-bond acceptors (Lipinski definition) is 2. The van der Waals surface area contributed by atoms with Gasteiger partial charge in [-0.3, -0.25) is 10.0 Å². The number of rotatable bonds is 9. The lowest BCUT2D eigenvalue weighted by Gasteiger charge is -2.38. The fourth-order valence-electron chi connectivity index (χ4n) is 2.59. The predicted molar refractivity (Wildman–Crippen MR) is 97.4 cm³/mol. The van der Waals surface area contributed by atoms with Crippen molar-refractivity contribution in [2.45, 2.75) is 39.5 Å². The van der Waals surface area contributed by atoms with Crippen LogP contribution in [0.2, 0.25) is 0 Å². The van der Waals surface area contributed by atoms with Gasteiger partial charge in [0, 0.05) is 13.1 Å². The molecule has 2 rings (SSSR count). The van der Waals surface area contributed by atoms with Gasteiger partial charge >= 0.3 is 0 Å². The van der Waals surface area contributed by atoms with E-state index in [9.17, 15) is 0 Å². The summed E-state index contributed by atoms with van der Waals surface area (Å²) in [5.41, 5.74) is 2.55. The zero-order valence-corrected chi connectivity index (χ0v) is 13.9. The Hall–Kier alpha value is -1.96. The first-order valence-electron chi connectivity index (χ1n) is 8.52. The maximum absolute atomic E-state index is 2.44. The van der Waals surface area contributed by atoms with Gasteiger partial charge in [0.2, 0.25) is 0 Å². The molecule has 0 aromatic heterocycles. The predicted octanol–water partition coefficient (Wildman–Crippen LogP) is 5.51. The summed E-state index contributed by atoms with van der Waals surface area (Å²) in [5, 5.41) is 4.88. The fourth-order valence-corrected chi connectivity index (χ4v) is 2.59. The monoisotopic (exact) mass is 296 g/mol. The van der Waals surface area contributed by atoms with Crippen molar-refractivity contribution in [3.8, 4) is 0 Å². The summed E-state index contributed by atoms with van der Waals surface area (Å²) in [5.74, 6) is 0. The van der Waals surface area contributed by atoms with E-state index in [0.717, 1.165) is 13.1 Å². The highest BCUT2D eigenvalue weighted by Crippen LogP contribution is 2.23. The van der Waals surface area contributed by atoms with Crippen LogP contribution in [-0.2, 0) is 0 Å². The molecule has 22 heavy (non-hydrogen) atoms. The molecular formula is C20H28N2. The van der Waals surface area contributed by atoms with Gasteiger partial charge in [-0.2, -0.15) is 0 Å². The number of anilines is 2. The maximum Gasteiger partial charge on any atom is 0.0574 e. The molecule has 0 unspecified atom stereocenters. The van der Waals surface area contributed by atoms with Gasteiger partial charge in [0.25, 0.3) is 0 Å². The Balaban J connectivity index is 2.30. The van der Waals surface area contributed by atoms with Gasteiger partial charge in [-0.25, -0.2) is 0 Å². The van der Waals surface area contributed by atoms with Crippen molar-refractivity contribution in [3.63, 3.8) is 0 Å². The summed E-state index contributed by atoms with van der Waals surface area (Å²) >= 11 is 0.